The third-order valence-electron chi connectivity index (χ3n) is 5.85. The summed E-state index contributed by atoms with van der Waals surface area (Å²) in [6.07, 6.45) is 3.36. The number of hydrogen-bond donors (Lipinski definition) is 1. The molecule has 1 heterocycles. The Morgan fingerprint density at radius 3 is 2.70 bits per heavy atom. The van der Waals surface area contributed by atoms with Crippen LogP contribution in [0.25, 0.3) is 0 Å². The Bertz CT molecular complexity index is 1210. The number of benzene rings is 2. The molecule has 4 nitrogen and oxygen atoms in total. The molecule has 2 atom stereocenters. The molecule has 0 bridgehead atoms. The van der Waals surface area contributed by atoms with Crippen LogP contribution >= 0.6 is 35.0 Å². The average molecular weight is 496 g/mol. The zero-order valence-corrected chi connectivity index (χ0v) is 20.5. The molecule has 7 heteroatoms. The van der Waals surface area contributed by atoms with Crippen LogP contribution < -0.4 is 5.32 Å². The molecule has 0 saturated carbocycles. The highest BCUT2D eigenvalue weighted by molar-refractivity contribution is 8.00. The van der Waals surface area contributed by atoms with Crippen molar-refractivity contribution in [2.75, 3.05) is 5.32 Å². The molecule has 0 aliphatic heterocycles. The summed E-state index contributed by atoms with van der Waals surface area (Å²) in [6, 6.07) is 19.7. The van der Waals surface area contributed by atoms with Gasteiger partial charge in [-0.15, -0.1) is 0 Å². The first-order chi connectivity index (χ1) is 16.0. The van der Waals surface area contributed by atoms with Crippen molar-refractivity contribution >= 4 is 46.6 Å². The Balaban J connectivity index is 1.52. The van der Waals surface area contributed by atoms with Gasteiger partial charge in [-0.05, 0) is 67.0 Å². The van der Waals surface area contributed by atoms with Crippen molar-refractivity contribution in [3.8, 4) is 6.07 Å². The molecule has 0 spiro atoms. The number of nitriles is 1. The standard InChI is InChI=1S/C26H23Cl2N3OS/c1-2-24(25(32)30-20-9-10-21(27)22(28)14-20)33-26-19(15-29)13-18-12-17(8-11-23(18)31-26)16-6-4-3-5-7-16/h3-7,9-10,13-14,17,24H,2,8,11-12H2,1H3,(H,30,32). The van der Waals surface area contributed by atoms with Gasteiger partial charge in [-0.3, -0.25) is 4.79 Å². The molecule has 1 N–H and O–H groups in total. The average Bonchev–Trinajstić information content (AvgIpc) is 2.84. The largest absolute Gasteiger partial charge is 0.325 e. The van der Waals surface area contributed by atoms with E-state index >= 15 is 0 Å². The highest BCUT2D eigenvalue weighted by Gasteiger charge is 2.26. The number of aryl methyl sites for hydroxylation is 1. The van der Waals surface area contributed by atoms with Gasteiger partial charge in [0.1, 0.15) is 11.1 Å². The summed E-state index contributed by atoms with van der Waals surface area (Å²) in [7, 11) is 0. The van der Waals surface area contributed by atoms with Crippen molar-refractivity contribution in [1.82, 2.24) is 4.98 Å². The maximum absolute atomic E-state index is 12.9. The molecular formula is C26H23Cl2N3OS. The van der Waals surface area contributed by atoms with Crippen LogP contribution in [0.3, 0.4) is 0 Å². The highest BCUT2D eigenvalue weighted by atomic mass is 35.5. The Morgan fingerprint density at radius 2 is 2.00 bits per heavy atom. The number of aromatic nitrogens is 1. The zero-order chi connectivity index (χ0) is 23.4. The quantitative estimate of drug-likeness (QED) is 0.372. The molecule has 0 fully saturated rings. The summed E-state index contributed by atoms with van der Waals surface area (Å²) in [5.74, 6) is 0.277. The Morgan fingerprint density at radius 1 is 1.21 bits per heavy atom. The third-order valence-corrected chi connectivity index (χ3v) is 7.95. The van der Waals surface area contributed by atoms with Crippen LogP contribution in [-0.4, -0.2) is 16.1 Å². The number of rotatable bonds is 6. The lowest BCUT2D eigenvalue weighted by Gasteiger charge is -2.25. The number of anilines is 1. The number of amides is 1. The Hall–Kier alpha value is -2.52. The van der Waals surface area contributed by atoms with Gasteiger partial charge in [0, 0.05) is 11.4 Å². The molecule has 33 heavy (non-hydrogen) atoms. The number of halogens is 2. The maximum atomic E-state index is 12.9. The lowest BCUT2D eigenvalue weighted by Crippen LogP contribution is -2.25. The van der Waals surface area contributed by atoms with E-state index in [1.165, 1.54) is 17.3 Å². The van der Waals surface area contributed by atoms with E-state index in [1.54, 1.807) is 18.2 Å². The molecule has 2 unspecified atom stereocenters. The number of fused-ring (bicyclic) bond motifs is 1. The van der Waals surface area contributed by atoms with Gasteiger partial charge in [0.15, 0.2) is 0 Å². The minimum absolute atomic E-state index is 0.159. The van der Waals surface area contributed by atoms with Crippen LogP contribution in [0.5, 0.6) is 0 Å². The van der Waals surface area contributed by atoms with E-state index in [-0.39, 0.29) is 5.91 Å². The lowest BCUT2D eigenvalue weighted by atomic mass is 9.82. The molecule has 1 aliphatic carbocycles. The van der Waals surface area contributed by atoms with Gasteiger partial charge in [-0.1, -0.05) is 72.2 Å². The van der Waals surface area contributed by atoms with E-state index in [1.807, 2.05) is 19.1 Å². The number of pyridine rings is 1. The van der Waals surface area contributed by atoms with Crippen molar-refractivity contribution in [2.45, 2.75) is 48.8 Å². The second-order valence-corrected chi connectivity index (χ2v) is 10.0. The molecule has 1 amide bonds. The second kappa shape index (κ2) is 10.6. The first kappa shape index (κ1) is 23.6. The van der Waals surface area contributed by atoms with Gasteiger partial charge in [-0.25, -0.2) is 4.98 Å². The first-order valence-electron chi connectivity index (χ1n) is 10.9. The van der Waals surface area contributed by atoms with Gasteiger partial charge < -0.3 is 5.32 Å². The van der Waals surface area contributed by atoms with Crippen molar-refractivity contribution < 1.29 is 4.79 Å². The number of carbonyl (C=O) groups excluding carboxylic acids is 1. The summed E-state index contributed by atoms with van der Waals surface area (Å²) >= 11 is 13.4. The monoisotopic (exact) mass is 495 g/mol. The Kier molecular flexibility index (Phi) is 7.60. The molecular weight excluding hydrogens is 473 g/mol. The van der Waals surface area contributed by atoms with Crippen LogP contribution in [0.2, 0.25) is 10.0 Å². The van der Waals surface area contributed by atoms with Crippen molar-refractivity contribution in [2.24, 2.45) is 0 Å². The number of thioether (sulfide) groups is 1. The first-order valence-corrected chi connectivity index (χ1v) is 12.5. The highest BCUT2D eigenvalue weighted by Crippen LogP contribution is 2.36. The zero-order valence-electron chi connectivity index (χ0n) is 18.1. The summed E-state index contributed by atoms with van der Waals surface area (Å²) in [5, 5.41) is 13.7. The summed E-state index contributed by atoms with van der Waals surface area (Å²) in [6.45, 7) is 1.95. The van der Waals surface area contributed by atoms with E-state index in [0.29, 0.717) is 38.7 Å². The Labute approximate surface area is 208 Å². The fraction of sp³-hybridized carbons (Fsp3) is 0.269. The predicted molar refractivity (Wildman–Crippen MR) is 135 cm³/mol. The minimum Gasteiger partial charge on any atom is -0.325 e. The third kappa shape index (κ3) is 5.52. The van der Waals surface area contributed by atoms with E-state index in [2.05, 4.69) is 35.7 Å². The van der Waals surface area contributed by atoms with Gasteiger partial charge in [-0.2, -0.15) is 5.26 Å². The molecule has 2 aromatic carbocycles. The van der Waals surface area contributed by atoms with Gasteiger partial charge in [0.25, 0.3) is 0 Å². The van der Waals surface area contributed by atoms with Gasteiger partial charge in [0.05, 0.1) is 20.9 Å². The molecule has 3 aromatic rings. The number of hydrogen-bond acceptors (Lipinski definition) is 4. The van der Waals surface area contributed by atoms with E-state index < -0.39 is 5.25 Å². The smallest absolute Gasteiger partial charge is 0.237 e. The molecule has 0 radical (unpaired) electrons. The maximum Gasteiger partial charge on any atom is 0.237 e. The minimum atomic E-state index is -0.391. The normalized spacial score (nSPS) is 15.9. The van der Waals surface area contributed by atoms with Crippen LogP contribution in [-0.2, 0) is 17.6 Å². The summed E-state index contributed by atoms with van der Waals surface area (Å²) in [5.41, 5.74) is 4.59. The van der Waals surface area contributed by atoms with Crippen LogP contribution in [0.15, 0.2) is 59.6 Å². The van der Waals surface area contributed by atoms with Gasteiger partial charge >= 0.3 is 0 Å². The molecule has 168 valence electrons. The summed E-state index contributed by atoms with van der Waals surface area (Å²) < 4.78 is 0. The topological polar surface area (TPSA) is 65.8 Å². The van der Waals surface area contributed by atoms with Crippen molar-refractivity contribution in [1.29, 1.82) is 5.26 Å². The van der Waals surface area contributed by atoms with Crippen molar-refractivity contribution in [3.63, 3.8) is 0 Å². The molecule has 1 aromatic heterocycles. The SMILES string of the molecule is CCC(Sc1nc2c(cc1C#N)CC(c1ccccc1)CC2)C(=O)Nc1ccc(Cl)c(Cl)c1. The molecule has 0 saturated heterocycles. The van der Waals surface area contributed by atoms with Crippen LogP contribution in [0, 0.1) is 11.3 Å². The van der Waals surface area contributed by atoms with E-state index in [0.717, 1.165) is 30.5 Å². The van der Waals surface area contributed by atoms with Crippen molar-refractivity contribution in [3.05, 3.63) is 87.0 Å². The fourth-order valence-corrected chi connectivity index (χ4v) is 5.37. The number of carbonyl (C=O) groups is 1. The fourth-order valence-electron chi connectivity index (χ4n) is 4.08. The second-order valence-electron chi connectivity index (χ2n) is 8.04. The predicted octanol–water partition coefficient (Wildman–Crippen LogP) is 7.04. The van der Waals surface area contributed by atoms with Crippen LogP contribution in [0.4, 0.5) is 5.69 Å². The molecule has 1 aliphatic rings. The van der Waals surface area contributed by atoms with E-state index in [9.17, 15) is 10.1 Å². The van der Waals surface area contributed by atoms with Crippen LogP contribution in [0.1, 0.15) is 48.1 Å². The number of nitrogens with one attached hydrogen (secondary N) is 1. The summed E-state index contributed by atoms with van der Waals surface area (Å²) in [4.78, 5) is 17.8. The number of nitrogens with zero attached hydrogens (tertiary/aromatic N) is 2. The van der Waals surface area contributed by atoms with E-state index in [4.69, 9.17) is 28.2 Å². The van der Waals surface area contributed by atoms with Gasteiger partial charge in [0.2, 0.25) is 5.91 Å². The lowest BCUT2D eigenvalue weighted by molar-refractivity contribution is -0.115. The molecule has 4 rings (SSSR count).